The average molecular weight is 231 g/mol. The van der Waals surface area contributed by atoms with E-state index in [1.165, 1.54) is 27.7 Å². The fourth-order valence-electron chi connectivity index (χ4n) is 2.48. The number of likely N-dealkylation sites (N-methyl/N-ethyl adjacent to an activating group) is 1. The molecule has 1 heterocycles. The van der Waals surface area contributed by atoms with Crippen molar-refractivity contribution < 1.29 is 0 Å². The van der Waals surface area contributed by atoms with Crippen molar-refractivity contribution in [3.05, 3.63) is 35.0 Å². The van der Waals surface area contributed by atoms with Gasteiger partial charge in [-0.3, -0.25) is 0 Å². The van der Waals surface area contributed by atoms with Gasteiger partial charge in [0.1, 0.15) is 0 Å². The van der Waals surface area contributed by atoms with Gasteiger partial charge in [-0.1, -0.05) is 11.6 Å². The lowest BCUT2D eigenvalue weighted by atomic mass is 10.0. The normalized spacial score (nSPS) is 13.5. The van der Waals surface area contributed by atoms with Gasteiger partial charge >= 0.3 is 0 Å². The van der Waals surface area contributed by atoms with Crippen LogP contribution in [0.4, 0.5) is 0 Å². The van der Waals surface area contributed by atoms with E-state index in [1.807, 2.05) is 0 Å². The molecular weight excluding hydrogens is 210 g/mol. The second-order valence-corrected chi connectivity index (χ2v) is 4.93. The van der Waals surface area contributed by atoms with E-state index in [9.17, 15) is 0 Å². The van der Waals surface area contributed by atoms with Crippen LogP contribution in [-0.2, 0) is 0 Å². The minimum atomic E-state index is 0.269. The molecule has 3 heteroatoms. The maximum absolute atomic E-state index is 5.91. The molecule has 2 rings (SSSR count). The quantitative estimate of drug-likeness (QED) is 0.851. The Labute approximate surface area is 103 Å². The number of fused-ring (bicyclic) bond motifs is 1. The van der Waals surface area contributed by atoms with Crippen LogP contribution in [0.5, 0.6) is 0 Å². The summed E-state index contributed by atoms with van der Waals surface area (Å²) < 4.78 is 0. The molecule has 0 aliphatic rings. The number of hydrogen-bond acceptors (Lipinski definition) is 2. The zero-order valence-electron chi connectivity index (χ0n) is 11.0. The SMILES string of the molecule is Cc1ccc2[nH]c(C)c(C(CN)N(C)C)c2c1. The molecule has 1 aromatic carbocycles. The first kappa shape index (κ1) is 12.1. The molecule has 17 heavy (non-hydrogen) atoms. The minimum absolute atomic E-state index is 0.269. The summed E-state index contributed by atoms with van der Waals surface area (Å²) in [5.74, 6) is 0. The second-order valence-electron chi connectivity index (χ2n) is 4.93. The number of aryl methyl sites for hydroxylation is 2. The van der Waals surface area contributed by atoms with Gasteiger partial charge in [-0.2, -0.15) is 0 Å². The first-order valence-corrected chi connectivity index (χ1v) is 6.00. The van der Waals surface area contributed by atoms with E-state index in [-0.39, 0.29) is 6.04 Å². The van der Waals surface area contributed by atoms with Crippen molar-refractivity contribution in [2.24, 2.45) is 5.73 Å². The van der Waals surface area contributed by atoms with Crippen LogP contribution in [-0.4, -0.2) is 30.5 Å². The molecule has 1 aromatic heterocycles. The summed E-state index contributed by atoms with van der Waals surface area (Å²) in [6.45, 7) is 4.88. The van der Waals surface area contributed by atoms with Gasteiger partial charge < -0.3 is 15.6 Å². The van der Waals surface area contributed by atoms with Crippen LogP contribution in [0.25, 0.3) is 10.9 Å². The third kappa shape index (κ3) is 2.08. The molecule has 0 amide bonds. The maximum atomic E-state index is 5.91. The maximum Gasteiger partial charge on any atom is 0.0488 e. The number of benzene rings is 1. The van der Waals surface area contributed by atoms with E-state index >= 15 is 0 Å². The van der Waals surface area contributed by atoms with E-state index in [1.54, 1.807) is 0 Å². The smallest absolute Gasteiger partial charge is 0.0488 e. The molecule has 0 saturated carbocycles. The fraction of sp³-hybridized carbons (Fsp3) is 0.429. The van der Waals surface area contributed by atoms with Crippen molar-refractivity contribution in [2.75, 3.05) is 20.6 Å². The molecule has 2 aromatic rings. The lowest BCUT2D eigenvalue weighted by molar-refractivity contribution is 0.307. The van der Waals surface area contributed by atoms with E-state index in [0.717, 1.165) is 0 Å². The summed E-state index contributed by atoms with van der Waals surface area (Å²) >= 11 is 0. The van der Waals surface area contributed by atoms with Crippen molar-refractivity contribution in [1.82, 2.24) is 9.88 Å². The van der Waals surface area contributed by atoms with E-state index in [2.05, 4.69) is 56.0 Å². The number of hydrogen-bond donors (Lipinski definition) is 2. The molecule has 0 aliphatic carbocycles. The number of rotatable bonds is 3. The highest BCUT2D eigenvalue weighted by Crippen LogP contribution is 2.30. The lowest BCUT2D eigenvalue weighted by Crippen LogP contribution is -2.27. The molecule has 1 unspecified atom stereocenters. The molecule has 0 bridgehead atoms. The minimum Gasteiger partial charge on any atom is -0.358 e. The van der Waals surface area contributed by atoms with Gasteiger partial charge in [0.15, 0.2) is 0 Å². The summed E-state index contributed by atoms with van der Waals surface area (Å²) in [6.07, 6.45) is 0. The van der Waals surface area contributed by atoms with E-state index in [4.69, 9.17) is 5.73 Å². The van der Waals surface area contributed by atoms with Gasteiger partial charge in [0.25, 0.3) is 0 Å². The topological polar surface area (TPSA) is 45.1 Å². The number of nitrogens with one attached hydrogen (secondary N) is 1. The summed E-state index contributed by atoms with van der Waals surface area (Å²) in [6, 6.07) is 6.78. The van der Waals surface area contributed by atoms with Crippen molar-refractivity contribution in [2.45, 2.75) is 19.9 Å². The molecule has 3 N–H and O–H groups in total. The predicted molar refractivity (Wildman–Crippen MR) is 73.3 cm³/mol. The van der Waals surface area contributed by atoms with E-state index in [0.29, 0.717) is 6.54 Å². The Bertz CT molecular complexity index is 525. The number of aromatic amines is 1. The Morgan fingerprint density at radius 3 is 2.59 bits per heavy atom. The first-order chi connectivity index (χ1) is 8.04. The van der Waals surface area contributed by atoms with Crippen LogP contribution < -0.4 is 5.73 Å². The Morgan fingerprint density at radius 2 is 2.00 bits per heavy atom. The Kier molecular flexibility index (Phi) is 3.22. The number of nitrogens with two attached hydrogens (primary N) is 1. The zero-order valence-corrected chi connectivity index (χ0v) is 11.0. The van der Waals surface area contributed by atoms with Gasteiger partial charge in [0.05, 0.1) is 0 Å². The first-order valence-electron chi connectivity index (χ1n) is 6.00. The molecule has 0 aliphatic heterocycles. The Morgan fingerprint density at radius 1 is 1.29 bits per heavy atom. The van der Waals surface area contributed by atoms with Crippen molar-refractivity contribution >= 4 is 10.9 Å². The Hall–Kier alpha value is -1.32. The molecule has 1 atom stereocenters. The molecule has 92 valence electrons. The number of H-pyrrole nitrogens is 1. The lowest BCUT2D eigenvalue weighted by Gasteiger charge is -2.23. The summed E-state index contributed by atoms with van der Waals surface area (Å²) in [4.78, 5) is 5.62. The highest BCUT2D eigenvalue weighted by atomic mass is 15.1. The molecule has 0 fully saturated rings. The van der Waals surface area contributed by atoms with Crippen LogP contribution in [0.2, 0.25) is 0 Å². The summed E-state index contributed by atoms with van der Waals surface area (Å²) in [5, 5.41) is 1.30. The molecule has 0 spiro atoms. The largest absolute Gasteiger partial charge is 0.358 e. The van der Waals surface area contributed by atoms with Crippen LogP contribution in [0.3, 0.4) is 0 Å². The van der Waals surface area contributed by atoms with Gasteiger partial charge in [-0.05, 0) is 45.6 Å². The van der Waals surface area contributed by atoms with E-state index < -0.39 is 0 Å². The van der Waals surface area contributed by atoms with Crippen molar-refractivity contribution in [3.8, 4) is 0 Å². The molecule has 0 saturated heterocycles. The predicted octanol–water partition coefficient (Wildman–Crippen LogP) is 2.35. The molecule has 3 nitrogen and oxygen atoms in total. The third-order valence-electron chi connectivity index (χ3n) is 3.37. The van der Waals surface area contributed by atoms with Crippen LogP contribution in [0.15, 0.2) is 18.2 Å². The van der Waals surface area contributed by atoms with Crippen molar-refractivity contribution in [3.63, 3.8) is 0 Å². The second kappa shape index (κ2) is 4.51. The van der Waals surface area contributed by atoms with Gasteiger partial charge in [0, 0.05) is 29.2 Å². The summed E-state index contributed by atoms with van der Waals surface area (Å²) in [7, 11) is 4.15. The number of nitrogens with zero attached hydrogens (tertiary/aromatic N) is 1. The summed E-state index contributed by atoms with van der Waals surface area (Å²) in [5.41, 5.74) is 10.9. The highest BCUT2D eigenvalue weighted by molar-refractivity contribution is 5.85. The van der Waals surface area contributed by atoms with Crippen LogP contribution >= 0.6 is 0 Å². The Balaban J connectivity index is 2.66. The molecule has 0 radical (unpaired) electrons. The van der Waals surface area contributed by atoms with Gasteiger partial charge in [-0.25, -0.2) is 0 Å². The standard InChI is InChI=1S/C14H21N3/c1-9-5-6-12-11(7-9)14(10(2)16-12)13(8-15)17(3)4/h5-7,13,16H,8,15H2,1-4H3. The zero-order chi connectivity index (χ0) is 12.6. The van der Waals surface area contributed by atoms with Crippen LogP contribution in [0.1, 0.15) is 22.9 Å². The van der Waals surface area contributed by atoms with Crippen molar-refractivity contribution in [1.29, 1.82) is 0 Å². The van der Waals surface area contributed by atoms with Gasteiger partial charge in [-0.15, -0.1) is 0 Å². The van der Waals surface area contributed by atoms with Gasteiger partial charge in [0.2, 0.25) is 0 Å². The monoisotopic (exact) mass is 231 g/mol. The van der Waals surface area contributed by atoms with Crippen LogP contribution in [0, 0.1) is 13.8 Å². The fourth-order valence-corrected chi connectivity index (χ4v) is 2.48. The highest BCUT2D eigenvalue weighted by Gasteiger charge is 2.19. The third-order valence-corrected chi connectivity index (χ3v) is 3.37. The molecular formula is C14H21N3. The number of aromatic nitrogens is 1. The average Bonchev–Trinajstić information content (AvgIpc) is 2.56.